The van der Waals surface area contributed by atoms with Crippen LogP contribution in [0.1, 0.15) is 32.6 Å². The Morgan fingerprint density at radius 3 is 2.52 bits per heavy atom. The zero-order valence-corrected chi connectivity index (χ0v) is 14.9. The van der Waals surface area contributed by atoms with E-state index in [0.717, 1.165) is 37.2 Å². The molecule has 0 radical (unpaired) electrons. The predicted octanol–water partition coefficient (Wildman–Crippen LogP) is 3.73. The molecule has 2 aromatic rings. The Kier molecular flexibility index (Phi) is 5.71. The molecule has 1 aromatic carbocycles. The monoisotopic (exact) mass is 359 g/mol. The van der Waals surface area contributed by atoms with Crippen molar-refractivity contribution in [2.75, 3.05) is 10.6 Å². The molecule has 0 unspecified atom stereocenters. The third-order valence-corrected chi connectivity index (χ3v) is 4.49. The second-order valence-electron chi connectivity index (χ2n) is 6.32. The number of amides is 1. The lowest BCUT2D eigenvalue weighted by Crippen LogP contribution is -2.39. The SMILES string of the molecule is CC(=O)NC1CCC(Nc2cc(Nc3cccc(Cl)c3)ncn2)CC1. The predicted molar refractivity (Wildman–Crippen MR) is 100 cm³/mol. The first-order valence-corrected chi connectivity index (χ1v) is 8.84. The molecule has 6 nitrogen and oxygen atoms in total. The van der Waals surface area contributed by atoms with Gasteiger partial charge in [-0.3, -0.25) is 4.79 Å². The number of halogens is 1. The fourth-order valence-electron chi connectivity index (χ4n) is 3.10. The van der Waals surface area contributed by atoms with E-state index in [0.29, 0.717) is 22.9 Å². The van der Waals surface area contributed by atoms with Crippen LogP contribution in [-0.2, 0) is 4.79 Å². The van der Waals surface area contributed by atoms with E-state index in [-0.39, 0.29) is 5.91 Å². The van der Waals surface area contributed by atoms with Gasteiger partial charge in [-0.1, -0.05) is 17.7 Å². The second-order valence-corrected chi connectivity index (χ2v) is 6.75. The lowest BCUT2D eigenvalue weighted by Gasteiger charge is -2.29. The lowest BCUT2D eigenvalue weighted by atomic mass is 9.91. The molecule has 1 fully saturated rings. The van der Waals surface area contributed by atoms with Crippen LogP contribution in [0.2, 0.25) is 5.02 Å². The van der Waals surface area contributed by atoms with Crippen LogP contribution in [0.3, 0.4) is 0 Å². The minimum Gasteiger partial charge on any atom is -0.367 e. The lowest BCUT2D eigenvalue weighted by molar-refractivity contribution is -0.119. The van der Waals surface area contributed by atoms with Crippen LogP contribution in [0.25, 0.3) is 0 Å². The molecule has 1 saturated carbocycles. The topological polar surface area (TPSA) is 78.9 Å². The minimum absolute atomic E-state index is 0.0453. The van der Waals surface area contributed by atoms with Crippen LogP contribution in [0.4, 0.5) is 17.3 Å². The first-order chi connectivity index (χ1) is 12.1. The van der Waals surface area contributed by atoms with Gasteiger partial charge in [0.2, 0.25) is 5.91 Å². The van der Waals surface area contributed by atoms with Gasteiger partial charge in [-0.15, -0.1) is 0 Å². The zero-order valence-electron chi connectivity index (χ0n) is 14.1. The summed E-state index contributed by atoms with van der Waals surface area (Å²) in [6.07, 6.45) is 5.52. The number of rotatable bonds is 5. The van der Waals surface area contributed by atoms with Gasteiger partial charge in [-0.25, -0.2) is 9.97 Å². The Balaban J connectivity index is 1.56. The number of hydrogen-bond acceptors (Lipinski definition) is 5. The van der Waals surface area contributed by atoms with Crippen molar-refractivity contribution in [1.82, 2.24) is 15.3 Å². The van der Waals surface area contributed by atoms with Crippen molar-refractivity contribution in [2.24, 2.45) is 0 Å². The molecule has 0 atom stereocenters. The Morgan fingerprint density at radius 2 is 1.80 bits per heavy atom. The van der Waals surface area contributed by atoms with E-state index in [1.165, 1.54) is 6.33 Å². The van der Waals surface area contributed by atoms with Gasteiger partial charge in [0.05, 0.1) is 0 Å². The van der Waals surface area contributed by atoms with Crippen LogP contribution < -0.4 is 16.0 Å². The number of benzene rings is 1. The van der Waals surface area contributed by atoms with Crippen molar-refractivity contribution in [1.29, 1.82) is 0 Å². The molecular weight excluding hydrogens is 338 g/mol. The number of carbonyl (C=O) groups is 1. The van der Waals surface area contributed by atoms with Crippen molar-refractivity contribution >= 4 is 34.8 Å². The highest BCUT2D eigenvalue weighted by molar-refractivity contribution is 6.30. The molecule has 0 aliphatic heterocycles. The van der Waals surface area contributed by atoms with E-state index in [1.807, 2.05) is 30.3 Å². The molecule has 1 aliphatic carbocycles. The van der Waals surface area contributed by atoms with E-state index in [1.54, 1.807) is 6.92 Å². The number of aromatic nitrogens is 2. The van der Waals surface area contributed by atoms with Gasteiger partial charge in [0.15, 0.2) is 0 Å². The summed E-state index contributed by atoms with van der Waals surface area (Å²) >= 11 is 6.00. The Hall–Kier alpha value is -2.34. The van der Waals surface area contributed by atoms with Crippen molar-refractivity contribution in [3.05, 3.63) is 41.7 Å². The number of anilines is 3. The van der Waals surface area contributed by atoms with Gasteiger partial charge in [-0.05, 0) is 43.9 Å². The molecule has 3 N–H and O–H groups in total. The molecule has 1 aromatic heterocycles. The minimum atomic E-state index is 0.0453. The number of nitrogens with one attached hydrogen (secondary N) is 3. The highest BCUT2D eigenvalue weighted by Crippen LogP contribution is 2.23. The average Bonchev–Trinajstić information content (AvgIpc) is 2.57. The maximum atomic E-state index is 11.1. The quantitative estimate of drug-likeness (QED) is 0.758. The average molecular weight is 360 g/mol. The molecule has 25 heavy (non-hydrogen) atoms. The molecule has 0 saturated heterocycles. The van der Waals surface area contributed by atoms with Gasteiger partial charge in [0.1, 0.15) is 18.0 Å². The third-order valence-electron chi connectivity index (χ3n) is 4.25. The summed E-state index contributed by atoms with van der Waals surface area (Å²) in [5.41, 5.74) is 0.882. The molecule has 1 amide bonds. The first-order valence-electron chi connectivity index (χ1n) is 8.47. The van der Waals surface area contributed by atoms with Crippen LogP contribution in [0.5, 0.6) is 0 Å². The molecule has 1 heterocycles. The van der Waals surface area contributed by atoms with E-state index in [4.69, 9.17) is 11.6 Å². The fraction of sp³-hybridized carbons (Fsp3) is 0.389. The van der Waals surface area contributed by atoms with Gasteiger partial charge in [-0.2, -0.15) is 0 Å². The van der Waals surface area contributed by atoms with Crippen molar-refractivity contribution < 1.29 is 4.79 Å². The Bertz CT molecular complexity index is 731. The molecule has 7 heteroatoms. The number of carbonyl (C=O) groups excluding carboxylic acids is 1. The van der Waals surface area contributed by atoms with Gasteiger partial charge >= 0.3 is 0 Å². The van der Waals surface area contributed by atoms with E-state index in [9.17, 15) is 4.79 Å². The molecular formula is C18H22ClN5O. The van der Waals surface area contributed by atoms with E-state index in [2.05, 4.69) is 25.9 Å². The zero-order chi connectivity index (χ0) is 17.6. The van der Waals surface area contributed by atoms with Crippen LogP contribution in [0.15, 0.2) is 36.7 Å². The summed E-state index contributed by atoms with van der Waals surface area (Å²) in [6.45, 7) is 1.57. The van der Waals surface area contributed by atoms with Gasteiger partial charge in [0, 0.05) is 35.8 Å². The van der Waals surface area contributed by atoms with Crippen molar-refractivity contribution in [2.45, 2.75) is 44.7 Å². The summed E-state index contributed by atoms with van der Waals surface area (Å²) in [4.78, 5) is 19.7. The standard InChI is InChI=1S/C18H22ClN5O/c1-12(25)22-14-5-7-15(8-6-14)23-17-10-18(21-11-20-17)24-16-4-2-3-13(19)9-16/h2-4,9-11,14-15H,5-8H2,1H3,(H,22,25)(H2,20,21,23,24). The number of hydrogen-bond donors (Lipinski definition) is 3. The molecule has 0 spiro atoms. The fourth-order valence-corrected chi connectivity index (χ4v) is 3.29. The summed E-state index contributed by atoms with van der Waals surface area (Å²) in [5, 5.41) is 10.4. The normalized spacial score (nSPS) is 19.9. The van der Waals surface area contributed by atoms with Gasteiger partial charge in [0.25, 0.3) is 0 Å². The summed E-state index contributed by atoms with van der Waals surface area (Å²) in [5.74, 6) is 1.55. The molecule has 1 aliphatic rings. The van der Waals surface area contributed by atoms with Gasteiger partial charge < -0.3 is 16.0 Å². The second kappa shape index (κ2) is 8.16. The van der Waals surface area contributed by atoms with Crippen LogP contribution in [0, 0.1) is 0 Å². The summed E-state index contributed by atoms with van der Waals surface area (Å²) in [7, 11) is 0. The third kappa shape index (κ3) is 5.32. The highest BCUT2D eigenvalue weighted by Gasteiger charge is 2.21. The summed E-state index contributed by atoms with van der Waals surface area (Å²) < 4.78 is 0. The van der Waals surface area contributed by atoms with Crippen molar-refractivity contribution in [3.8, 4) is 0 Å². The number of nitrogens with zero attached hydrogens (tertiary/aromatic N) is 2. The van der Waals surface area contributed by atoms with Crippen LogP contribution in [-0.4, -0.2) is 28.0 Å². The maximum Gasteiger partial charge on any atom is 0.217 e. The first kappa shape index (κ1) is 17.5. The van der Waals surface area contributed by atoms with Crippen molar-refractivity contribution in [3.63, 3.8) is 0 Å². The highest BCUT2D eigenvalue weighted by atomic mass is 35.5. The van der Waals surface area contributed by atoms with E-state index < -0.39 is 0 Å². The molecule has 0 bridgehead atoms. The maximum absolute atomic E-state index is 11.1. The largest absolute Gasteiger partial charge is 0.367 e. The summed E-state index contributed by atoms with van der Waals surface area (Å²) in [6, 6.07) is 10.0. The Labute approximate surface area is 152 Å². The Morgan fingerprint density at radius 1 is 1.08 bits per heavy atom. The molecule has 132 valence electrons. The molecule has 3 rings (SSSR count). The van der Waals surface area contributed by atoms with Crippen LogP contribution >= 0.6 is 11.6 Å². The smallest absolute Gasteiger partial charge is 0.217 e. The van der Waals surface area contributed by atoms with E-state index >= 15 is 0 Å².